The Hall–Kier alpha value is -2.37. The first-order chi connectivity index (χ1) is 11.7. The van der Waals surface area contributed by atoms with Gasteiger partial charge in [-0.3, -0.25) is 14.6 Å². The minimum absolute atomic E-state index is 0.158. The third-order valence-corrected chi connectivity index (χ3v) is 5.12. The molecule has 0 aromatic carbocycles. The molecule has 6 heteroatoms. The standard InChI is InChI=1S/C18H23N5O/c1-3-14-16-17(23(21-14)12-7-4-5-8-12)19-15(20-18(16)24)11-13-9-6-10-22(13)2/h6,9-10,12,21H,3-5,7-8,11H2,1-2H3. The van der Waals surface area contributed by atoms with E-state index in [1.807, 2.05) is 29.9 Å². The molecule has 2 aliphatic heterocycles. The van der Waals surface area contributed by atoms with Crippen molar-refractivity contribution in [1.29, 1.82) is 0 Å². The third kappa shape index (κ3) is 2.46. The lowest BCUT2D eigenvalue weighted by atomic mass is 10.1. The van der Waals surface area contributed by atoms with Crippen LogP contribution in [0.15, 0.2) is 23.1 Å². The molecule has 4 rings (SSSR count). The van der Waals surface area contributed by atoms with Crippen molar-refractivity contribution >= 4 is 0 Å². The van der Waals surface area contributed by atoms with E-state index >= 15 is 0 Å². The number of fused-ring (bicyclic) bond motifs is 1. The molecule has 1 saturated carbocycles. The Morgan fingerprint density at radius 2 is 2.08 bits per heavy atom. The SMILES string of the molecule is CCc1[nH]n(C2CCCC2)c2nc(Cc3cccn3C)nc(=O)c1-2. The minimum Gasteiger partial charge on any atom is -0.354 e. The Balaban J connectivity index is 1.82. The molecule has 1 fully saturated rings. The predicted molar refractivity (Wildman–Crippen MR) is 92.4 cm³/mol. The molecule has 1 N–H and O–H groups in total. The van der Waals surface area contributed by atoms with Gasteiger partial charge in [-0.05, 0) is 31.4 Å². The van der Waals surface area contributed by atoms with Gasteiger partial charge in [-0.2, -0.15) is 4.98 Å². The highest BCUT2D eigenvalue weighted by Gasteiger charge is 2.27. The van der Waals surface area contributed by atoms with Crippen molar-refractivity contribution in [3.8, 4) is 11.4 Å². The molecule has 3 aliphatic rings. The number of hydrogen-bond acceptors (Lipinski definition) is 3. The van der Waals surface area contributed by atoms with Gasteiger partial charge in [0.05, 0.1) is 6.04 Å². The summed E-state index contributed by atoms with van der Waals surface area (Å²) in [7, 11) is 2.00. The van der Waals surface area contributed by atoms with E-state index in [1.54, 1.807) is 0 Å². The van der Waals surface area contributed by atoms with Crippen LogP contribution in [0.4, 0.5) is 0 Å². The fourth-order valence-corrected chi connectivity index (χ4v) is 3.77. The van der Waals surface area contributed by atoms with Gasteiger partial charge in [0.2, 0.25) is 0 Å². The zero-order valence-electron chi connectivity index (χ0n) is 14.2. The van der Waals surface area contributed by atoms with Crippen LogP contribution in [0.25, 0.3) is 11.4 Å². The summed E-state index contributed by atoms with van der Waals surface area (Å²) in [6.45, 7) is 2.06. The number of aromatic nitrogens is 5. The summed E-state index contributed by atoms with van der Waals surface area (Å²) in [4.78, 5) is 21.7. The number of hydrogen-bond donors (Lipinski definition) is 1. The summed E-state index contributed by atoms with van der Waals surface area (Å²) < 4.78 is 4.16. The molecule has 0 bridgehead atoms. The van der Waals surface area contributed by atoms with Gasteiger partial charge in [-0.25, -0.2) is 4.98 Å². The molecule has 126 valence electrons. The van der Waals surface area contributed by atoms with Crippen LogP contribution in [-0.2, 0) is 19.9 Å². The number of rotatable bonds is 4. The first kappa shape index (κ1) is 15.2. The average molecular weight is 325 g/mol. The third-order valence-electron chi connectivity index (χ3n) is 5.12. The van der Waals surface area contributed by atoms with Gasteiger partial charge in [-0.1, -0.05) is 19.8 Å². The Morgan fingerprint density at radius 3 is 2.75 bits per heavy atom. The van der Waals surface area contributed by atoms with E-state index in [9.17, 15) is 4.79 Å². The summed E-state index contributed by atoms with van der Waals surface area (Å²) in [6, 6.07) is 4.46. The van der Waals surface area contributed by atoms with Gasteiger partial charge in [-0.15, -0.1) is 0 Å². The molecular weight excluding hydrogens is 302 g/mol. The number of H-pyrrole nitrogens is 1. The fourth-order valence-electron chi connectivity index (χ4n) is 3.77. The largest absolute Gasteiger partial charge is 0.354 e. The number of aromatic amines is 1. The van der Waals surface area contributed by atoms with Crippen molar-refractivity contribution in [1.82, 2.24) is 24.3 Å². The van der Waals surface area contributed by atoms with Crippen LogP contribution in [0, 0.1) is 0 Å². The first-order valence-electron chi connectivity index (χ1n) is 8.77. The maximum Gasteiger partial charge on any atom is 0.284 e. The van der Waals surface area contributed by atoms with Crippen LogP contribution in [0.2, 0.25) is 0 Å². The predicted octanol–water partition coefficient (Wildman–Crippen LogP) is 2.68. The quantitative estimate of drug-likeness (QED) is 0.802. The summed E-state index contributed by atoms with van der Waals surface area (Å²) in [5, 5.41) is 3.43. The topological polar surface area (TPSA) is 68.5 Å². The Labute approximate surface area is 140 Å². The van der Waals surface area contributed by atoms with Crippen LogP contribution in [0.3, 0.4) is 0 Å². The lowest BCUT2D eigenvalue weighted by Crippen LogP contribution is -2.19. The lowest BCUT2D eigenvalue weighted by Gasteiger charge is -2.13. The molecule has 1 aromatic rings. The van der Waals surface area contributed by atoms with E-state index in [4.69, 9.17) is 4.98 Å². The summed E-state index contributed by atoms with van der Waals surface area (Å²) in [5.74, 6) is 1.38. The smallest absolute Gasteiger partial charge is 0.284 e. The maximum atomic E-state index is 12.6. The molecule has 6 nitrogen and oxygen atoms in total. The maximum absolute atomic E-state index is 12.6. The van der Waals surface area contributed by atoms with E-state index in [1.165, 1.54) is 12.8 Å². The van der Waals surface area contributed by atoms with Gasteiger partial charge >= 0.3 is 0 Å². The first-order valence-corrected chi connectivity index (χ1v) is 8.77. The highest BCUT2D eigenvalue weighted by molar-refractivity contribution is 5.59. The number of aryl methyl sites for hydroxylation is 2. The van der Waals surface area contributed by atoms with Crippen molar-refractivity contribution in [3.05, 3.63) is 45.9 Å². The number of nitrogens with zero attached hydrogens (tertiary/aromatic N) is 4. The molecule has 3 heterocycles. The van der Waals surface area contributed by atoms with Crippen LogP contribution in [0.1, 0.15) is 55.9 Å². The molecule has 0 unspecified atom stereocenters. The molecule has 0 radical (unpaired) electrons. The fraction of sp³-hybridized carbons (Fsp3) is 0.500. The van der Waals surface area contributed by atoms with E-state index in [0.29, 0.717) is 23.9 Å². The van der Waals surface area contributed by atoms with Crippen molar-refractivity contribution in [2.24, 2.45) is 7.05 Å². The molecule has 24 heavy (non-hydrogen) atoms. The van der Waals surface area contributed by atoms with Crippen LogP contribution in [-0.4, -0.2) is 24.3 Å². The summed E-state index contributed by atoms with van der Waals surface area (Å²) >= 11 is 0. The summed E-state index contributed by atoms with van der Waals surface area (Å²) in [6.07, 6.45) is 8.13. The van der Waals surface area contributed by atoms with Crippen LogP contribution < -0.4 is 5.56 Å². The second kappa shape index (κ2) is 5.92. The Morgan fingerprint density at radius 1 is 1.29 bits per heavy atom. The van der Waals surface area contributed by atoms with E-state index < -0.39 is 0 Å². The lowest BCUT2D eigenvalue weighted by molar-refractivity contribution is 0.464. The van der Waals surface area contributed by atoms with Gasteiger partial charge in [0.1, 0.15) is 11.4 Å². The minimum atomic E-state index is -0.158. The zero-order chi connectivity index (χ0) is 16.7. The van der Waals surface area contributed by atoms with Crippen molar-refractivity contribution < 1.29 is 0 Å². The van der Waals surface area contributed by atoms with Crippen molar-refractivity contribution in [2.75, 3.05) is 0 Å². The second-order valence-corrected chi connectivity index (χ2v) is 6.68. The monoisotopic (exact) mass is 325 g/mol. The van der Waals surface area contributed by atoms with Gasteiger partial charge in [0.15, 0.2) is 5.82 Å². The molecular formula is C18H23N5O. The molecule has 0 atom stereocenters. The second-order valence-electron chi connectivity index (χ2n) is 6.68. The van der Waals surface area contributed by atoms with Gasteiger partial charge < -0.3 is 4.57 Å². The Kier molecular flexibility index (Phi) is 3.75. The number of nitrogens with one attached hydrogen (secondary N) is 1. The average Bonchev–Trinajstić information content (AvgIpc) is 3.28. The van der Waals surface area contributed by atoms with Crippen molar-refractivity contribution in [2.45, 2.75) is 51.5 Å². The summed E-state index contributed by atoms with van der Waals surface area (Å²) in [5.41, 5.74) is 2.56. The highest BCUT2D eigenvalue weighted by atomic mass is 16.1. The molecule has 0 saturated heterocycles. The van der Waals surface area contributed by atoms with Crippen molar-refractivity contribution in [3.63, 3.8) is 0 Å². The van der Waals surface area contributed by atoms with E-state index in [2.05, 4.69) is 21.7 Å². The Bertz CT molecular complexity index is 881. The molecule has 0 amide bonds. The van der Waals surface area contributed by atoms with E-state index in [-0.39, 0.29) is 5.56 Å². The van der Waals surface area contributed by atoms with Gasteiger partial charge in [0.25, 0.3) is 5.56 Å². The van der Waals surface area contributed by atoms with E-state index in [0.717, 1.165) is 36.5 Å². The molecule has 0 spiro atoms. The van der Waals surface area contributed by atoms with Crippen LogP contribution >= 0.6 is 0 Å². The normalized spacial score (nSPS) is 15.6. The zero-order valence-corrected chi connectivity index (χ0v) is 14.2. The van der Waals surface area contributed by atoms with Crippen LogP contribution in [0.5, 0.6) is 0 Å². The van der Waals surface area contributed by atoms with Gasteiger partial charge in [0, 0.05) is 31.1 Å². The highest BCUT2D eigenvalue weighted by Crippen LogP contribution is 2.33. The molecule has 1 aliphatic carbocycles. The molecule has 1 aromatic heterocycles.